The fraction of sp³-hybridized carbons (Fsp3) is 0.438. The first-order valence-electron chi connectivity index (χ1n) is 6.74. The molecule has 110 valence electrons. The molecule has 0 aliphatic rings. The minimum absolute atomic E-state index is 0.0940. The molecule has 1 N–H and O–H groups in total. The van der Waals surface area contributed by atoms with Gasteiger partial charge in [-0.05, 0) is 30.5 Å². The van der Waals surface area contributed by atoms with Crippen molar-refractivity contribution in [1.82, 2.24) is 5.32 Å². The van der Waals surface area contributed by atoms with E-state index in [-0.39, 0.29) is 5.91 Å². The quantitative estimate of drug-likeness (QED) is 0.780. The molecule has 0 aliphatic heterocycles. The zero-order valence-electron chi connectivity index (χ0n) is 12.6. The number of ether oxygens (including phenoxy) is 2. The molecule has 4 heteroatoms. The van der Waals surface area contributed by atoms with Gasteiger partial charge in [-0.3, -0.25) is 4.79 Å². The molecule has 0 radical (unpaired) electrons. The van der Waals surface area contributed by atoms with E-state index < -0.39 is 0 Å². The maximum absolute atomic E-state index is 11.7. The molecule has 1 aromatic rings. The lowest BCUT2D eigenvalue weighted by molar-refractivity contribution is -0.116. The highest BCUT2D eigenvalue weighted by atomic mass is 16.5. The van der Waals surface area contributed by atoms with Gasteiger partial charge in [-0.15, -0.1) is 0 Å². The van der Waals surface area contributed by atoms with E-state index in [0.717, 1.165) is 17.7 Å². The standard InChI is InChI=1S/C16H23NO3/c1-12(2)9-10-17-16(18)8-6-13-5-7-14(19-3)11-15(13)20-4/h5-8,11-12H,9-10H2,1-4H3,(H,17,18)/b8-6+. The molecule has 4 nitrogen and oxygen atoms in total. The number of rotatable bonds is 7. The summed E-state index contributed by atoms with van der Waals surface area (Å²) in [5, 5.41) is 2.85. The first-order valence-corrected chi connectivity index (χ1v) is 6.74. The van der Waals surface area contributed by atoms with Gasteiger partial charge >= 0.3 is 0 Å². The zero-order valence-corrected chi connectivity index (χ0v) is 12.6. The van der Waals surface area contributed by atoms with Crippen molar-refractivity contribution in [2.24, 2.45) is 5.92 Å². The summed E-state index contributed by atoms with van der Waals surface area (Å²) in [6.07, 6.45) is 4.24. The minimum atomic E-state index is -0.0940. The second-order valence-corrected chi connectivity index (χ2v) is 4.91. The lowest BCUT2D eigenvalue weighted by Crippen LogP contribution is -2.23. The summed E-state index contributed by atoms with van der Waals surface area (Å²) in [4.78, 5) is 11.7. The van der Waals surface area contributed by atoms with Gasteiger partial charge in [-0.2, -0.15) is 0 Å². The molecule has 0 aliphatic carbocycles. The van der Waals surface area contributed by atoms with E-state index in [9.17, 15) is 4.79 Å². The van der Waals surface area contributed by atoms with Crippen molar-refractivity contribution < 1.29 is 14.3 Å². The number of amides is 1. The van der Waals surface area contributed by atoms with Crippen molar-refractivity contribution in [2.75, 3.05) is 20.8 Å². The number of hydrogen-bond acceptors (Lipinski definition) is 3. The molecule has 0 fully saturated rings. The van der Waals surface area contributed by atoms with Crippen LogP contribution in [0.5, 0.6) is 11.5 Å². The number of nitrogens with one attached hydrogen (secondary N) is 1. The number of benzene rings is 1. The second kappa shape index (κ2) is 8.25. The largest absolute Gasteiger partial charge is 0.497 e. The molecule has 1 amide bonds. The third-order valence-corrected chi connectivity index (χ3v) is 2.88. The van der Waals surface area contributed by atoms with Gasteiger partial charge in [-0.25, -0.2) is 0 Å². The van der Waals surface area contributed by atoms with Gasteiger partial charge in [0.25, 0.3) is 0 Å². The minimum Gasteiger partial charge on any atom is -0.497 e. The maximum atomic E-state index is 11.7. The number of carbonyl (C=O) groups excluding carboxylic acids is 1. The van der Waals surface area contributed by atoms with Crippen LogP contribution < -0.4 is 14.8 Å². The van der Waals surface area contributed by atoms with Crippen LogP contribution in [0.1, 0.15) is 25.8 Å². The Bertz CT molecular complexity index is 467. The van der Waals surface area contributed by atoms with Crippen molar-refractivity contribution in [1.29, 1.82) is 0 Å². The van der Waals surface area contributed by atoms with E-state index in [1.807, 2.05) is 12.1 Å². The Balaban J connectivity index is 2.63. The van der Waals surface area contributed by atoms with Gasteiger partial charge in [0, 0.05) is 24.3 Å². The van der Waals surface area contributed by atoms with Gasteiger partial charge < -0.3 is 14.8 Å². The average Bonchev–Trinajstić information content (AvgIpc) is 2.44. The van der Waals surface area contributed by atoms with E-state index in [4.69, 9.17) is 9.47 Å². The van der Waals surface area contributed by atoms with E-state index >= 15 is 0 Å². The number of hydrogen-bond donors (Lipinski definition) is 1. The summed E-state index contributed by atoms with van der Waals surface area (Å²) in [6.45, 7) is 4.95. The SMILES string of the molecule is COc1ccc(/C=C/C(=O)NCCC(C)C)c(OC)c1. The summed E-state index contributed by atoms with van der Waals surface area (Å²) in [5.74, 6) is 1.89. The predicted octanol–water partition coefficient (Wildman–Crippen LogP) is 2.88. The van der Waals surface area contributed by atoms with E-state index in [2.05, 4.69) is 19.2 Å². The van der Waals surface area contributed by atoms with Crippen LogP contribution in [0.2, 0.25) is 0 Å². The molecule has 1 rings (SSSR count). The molecule has 1 aromatic carbocycles. The molecule has 0 saturated carbocycles. The Morgan fingerprint density at radius 3 is 2.65 bits per heavy atom. The molecular weight excluding hydrogens is 254 g/mol. The normalized spacial score (nSPS) is 10.8. The van der Waals surface area contributed by atoms with Crippen LogP contribution in [0.4, 0.5) is 0 Å². The first-order chi connectivity index (χ1) is 9.56. The average molecular weight is 277 g/mol. The molecule has 0 spiro atoms. The lowest BCUT2D eigenvalue weighted by Gasteiger charge is -2.07. The molecule has 0 heterocycles. The van der Waals surface area contributed by atoms with Crippen LogP contribution in [0.15, 0.2) is 24.3 Å². The van der Waals surface area contributed by atoms with Gasteiger partial charge in [0.15, 0.2) is 0 Å². The third-order valence-electron chi connectivity index (χ3n) is 2.88. The second-order valence-electron chi connectivity index (χ2n) is 4.91. The Labute approximate surface area is 120 Å². The van der Waals surface area contributed by atoms with Crippen LogP contribution in [-0.4, -0.2) is 26.7 Å². The van der Waals surface area contributed by atoms with Gasteiger partial charge in [0.05, 0.1) is 14.2 Å². The molecule has 0 atom stereocenters. The molecular formula is C16H23NO3. The molecule has 0 aromatic heterocycles. The third kappa shape index (κ3) is 5.34. The Kier molecular flexibility index (Phi) is 6.64. The number of carbonyl (C=O) groups is 1. The Morgan fingerprint density at radius 1 is 1.30 bits per heavy atom. The van der Waals surface area contributed by atoms with Crippen LogP contribution in [-0.2, 0) is 4.79 Å². The summed E-state index contributed by atoms with van der Waals surface area (Å²) < 4.78 is 10.4. The Morgan fingerprint density at radius 2 is 2.05 bits per heavy atom. The highest BCUT2D eigenvalue weighted by molar-refractivity contribution is 5.92. The Hall–Kier alpha value is -1.97. The fourth-order valence-corrected chi connectivity index (χ4v) is 1.66. The van der Waals surface area contributed by atoms with Crippen LogP contribution >= 0.6 is 0 Å². The van der Waals surface area contributed by atoms with Crippen LogP contribution in [0.3, 0.4) is 0 Å². The number of methoxy groups -OCH3 is 2. The molecule has 20 heavy (non-hydrogen) atoms. The van der Waals surface area contributed by atoms with Crippen LogP contribution in [0, 0.1) is 5.92 Å². The summed E-state index contributed by atoms with van der Waals surface area (Å²) in [7, 11) is 3.20. The zero-order chi connectivity index (χ0) is 15.0. The summed E-state index contributed by atoms with van der Waals surface area (Å²) in [6, 6.07) is 5.48. The van der Waals surface area contributed by atoms with E-state index in [1.54, 1.807) is 26.4 Å². The molecule has 0 unspecified atom stereocenters. The topological polar surface area (TPSA) is 47.6 Å². The van der Waals surface area contributed by atoms with Gasteiger partial charge in [0.2, 0.25) is 5.91 Å². The predicted molar refractivity (Wildman–Crippen MR) is 81.0 cm³/mol. The molecule has 0 saturated heterocycles. The first kappa shape index (κ1) is 16.1. The van der Waals surface area contributed by atoms with E-state index in [1.165, 1.54) is 6.08 Å². The van der Waals surface area contributed by atoms with Crippen molar-refractivity contribution in [3.63, 3.8) is 0 Å². The van der Waals surface area contributed by atoms with Gasteiger partial charge in [-0.1, -0.05) is 13.8 Å². The fourth-order valence-electron chi connectivity index (χ4n) is 1.66. The van der Waals surface area contributed by atoms with Crippen molar-refractivity contribution in [3.05, 3.63) is 29.8 Å². The van der Waals surface area contributed by atoms with Gasteiger partial charge in [0.1, 0.15) is 11.5 Å². The van der Waals surface area contributed by atoms with E-state index in [0.29, 0.717) is 18.2 Å². The van der Waals surface area contributed by atoms with Crippen molar-refractivity contribution >= 4 is 12.0 Å². The smallest absolute Gasteiger partial charge is 0.244 e. The summed E-state index contributed by atoms with van der Waals surface area (Å²) in [5.41, 5.74) is 0.840. The maximum Gasteiger partial charge on any atom is 0.244 e. The van der Waals surface area contributed by atoms with Crippen molar-refractivity contribution in [3.8, 4) is 11.5 Å². The highest BCUT2D eigenvalue weighted by Gasteiger charge is 2.03. The van der Waals surface area contributed by atoms with Crippen LogP contribution in [0.25, 0.3) is 6.08 Å². The summed E-state index contributed by atoms with van der Waals surface area (Å²) >= 11 is 0. The highest BCUT2D eigenvalue weighted by Crippen LogP contribution is 2.25. The lowest BCUT2D eigenvalue weighted by atomic mass is 10.1. The monoisotopic (exact) mass is 277 g/mol. The van der Waals surface area contributed by atoms with Crippen molar-refractivity contribution in [2.45, 2.75) is 20.3 Å². The molecule has 0 bridgehead atoms.